The molecule has 0 amide bonds. The van der Waals surface area contributed by atoms with Gasteiger partial charge in [-0.2, -0.15) is 4.98 Å². The summed E-state index contributed by atoms with van der Waals surface area (Å²) in [5.74, 6) is -0.812. The maximum Gasteiger partial charge on any atom is 0.225 e. The van der Waals surface area contributed by atoms with Crippen molar-refractivity contribution in [2.24, 2.45) is 0 Å². The first-order valence-corrected chi connectivity index (χ1v) is 8.15. The number of aromatic nitrogens is 3. The van der Waals surface area contributed by atoms with Gasteiger partial charge in [0.25, 0.3) is 0 Å². The van der Waals surface area contributed by atoms with Crippen molar-refractivity contribution in [2.45, 2.75) is 27.3 Å². The molecule has 0 unspecified atom stereocenters. The van der Waals surface area contributed by atoms with E-state index in [1.807, 2.05) is 32.0 Å². The minimum absolute atomic E-state index is 0.432. The number of benzene rings is 1. The van der Waals surface area contributed by atoms with Crippen molar-refractivity contribution in [1.29, 1.82) is 0 Å². The van der Waals surface area contributed by atoms with Crippen LogP contribution in [0.25, 0.3) is 0 Å². The van der Waals surface area contributed by atoms with Gasteiger partial charge in [0.1, 0.15) is 5.82 Å². The van der Waals surface area contributed by atoms with Crippen LogP contribution in [0, 0.1) is 32.4 Å². The Morgan fingerprint density at radius 1 is 1.00 bits per heavy atom. The summed E-state index contributed by atoms with van der Waals surface area (Å²) in [6.07, 6.45) is 1.72. The number of aryl methyl sites for hydroxylation is 2. The second-order valence-corrected chi connectivity index (χ2v) is 5.99. The van der Waals surface area contributed by atoms with Crippen LogP contribution in [0.3, 0.4) is 0 Å². The van der Waals surface area contributed by atoms with Gasteiger partial charge in [-0.05, 0) is 44.5 Å². The Morgan fingerprint density at radius 3 is 2.50 bits per heavy atom. The monoisotopic (exact) mass is 355 g/mol. The lowest BCUT2D eigenvalue weighted by atomic mass is 10.1. The van der Waals surface area contributed by atoms with Crippen molar-refractivity contribution in [3.05, 3.63) is 70.7 Å². The maximum atomic E-state index is 13.6. The summed E-state index contributed by atoms with van der Waals surface area (Å²) in [5.41, 5.74) is 3.52. The third kappa shape index (κ3) is 3.93. The van der Waals surface area contributed by atoms with Crippen LogP contribution in [0.1, 0.15) is 22.5 Å². The Morgan fingerprint density at radius 2 is 1.77 bits per heavy atom. The van der Waals surface area contributed by atoms with Gasteiger partial charge >= 0.3 is 0 Å². The average Bonchev–Trinajstić information content (AvgIpc) is 2.62. The molecule has 2 heterocycles. The summed E-state index contributed by atoms with van der Waals surface area (Å²) < 4.78 is 26.9. The molecule has 3 aromatic rings. The number of nitrogens with one attached hydrogen (secondary N) is 2. The van der Waals surface area contributed by atoms with Gasteiger partial charge in [-0.15, -0.1) is 0 Å². The SMILES string of the molecule is Cc1cc(F)c(F)cc1Nc1nc(NCc2ccccn2)nc(C)c1C. The van der Waals surface area contributed by atoms with Crippen molar-refractivity contribution in [3.63, 3.8) is 0 Å². The van der Waals surface area contributed by atoms with Crippen molar-refractivity contribution < 1.29 is 8.78 Å². The van der Waals surface area contributed by atoms with E-state index in [1.165, 1.54) is 0 Å². The van der Waals surface area contributed by atoms with Gasteiger partial charge in [0.05, 0.1) is 12.2 Å². The molecular formula is C19H19F2N5. The summed E-state index contributed by atoms with van der Waals surface area (Å²) in [4.78, 5) is 13.1. The predicted molar refractivity (Wildman–Crippen MR) is 97.4 cm³/mol. The summed E-state index contributed by atoms with van der Waals surface area (Å²) in [6, 6.07) is 7.94. The first-order valence-electron chi connectivity index (χ1n) is 8.15. The molecule has 0 radical (unpaired) electrons. The molecule has 7 heteroatoms. The fourth-order valence-corrected chi connectivity index (χ4v) is 2.41. The molecule has 3 rings (SSSR count). The first kappa shape index (κ1) is 17.7. The summed E-state index contributed by atoms with van der Waals surface area (Å²) in [7, 11) is 0. The van der Waals surface area contributed by atoms with Crippen molar-refractivity contribution in [1.82, 2.24) is 15.0 Å². The van der Waals surface area contributed by atoms with E-state index < -0.39 is 11.6 Å². The summed E-state index contributed by atoms with van der Waals surface area (Å²) in [5, 5.41) is 6.21. The van der Waals surface area contributed by atoms with E-state index in [0.29, 0.717) is 29.6 Å². The molecule has 0 atom stereocenters. The molecule has 0 saturated heterocycles. The molecule has 134 valence electrons. The summed E-state index contributed by atoms with van der Waals surface area (Å²) >= 11 is 0. The fourth-order valence-electron chi connectivity index (χ4n) is 2.41. The number of hydrogen-bond donors (Lipinski definition) is 2. The smallest absolute Gasteiger partial charge is 0.225 e. The average molecular weight is 355 g/mol. The minimum atomic E-state index is -0.907. The lowest BCUT2D eigenvalue weighted by molar-refractivity contribution is 0.508. The third-order valence-electron chi connectivity index (χ3n) is 4.06. The van der Waals surface area contributed by atoms with Crippen LogP contribution < -0.4 is 10.6 Å². The Labute approximate surface area is 150 Å². The Bertz CT molecular complexity index is 929. The highest BCUT2D eigenvalue weighted by molar-refractivity contribution is 5.64. The van der Waals surface area contributed by atoms with Crippen LogP contribution in [0.15, 0.2) is 36.5 Å². The maximum absolute atomic E-state index is 13.6. The van der Waals surface area contributed by atoms with E-state index in [9.17, 15) is 8.78 Å². The Balaban J connectivity index is 1.85. The van der Waals surface area contributed by atoms with Gasteiger partial charge in [0, 0.05) is 29.2 Å². The molecule has 0 bridgehead atoms. The molecule has 2 aromatic heterocycles. The summed E-state index contributed by atoms with van der Waals surface area (Å²) in [6.45, 7) is 5.92. The van der Waals surface area contributed by atoms with E-state index in [1.54, 1.807) is 13.1 Å². The zero-order valence-electron chi connectivity index (χ0n) is 14.8. The molecule has 0 spiro atoms. The van der Waals surface area contributed by atoms with Crippen LogP contribution in [-0.4, -0.2) is 15.0 Å². The molecule has 0 fully saturated rings. The van der Waals surface area contributed by atoms with E-state index in [-0.39, 0.29) is 0 Å². The second-order valence-electron chi connectivity index (χ2n) is 5.99. The molecular weight excluding hydrogens is 336 g/mol. The highest BCUT2D eigenvalue weighted by atomic mass is 19.2. The Kier molecular flexibility index (Phi) is 5.06. The highest BCUT2D eigenvalue weighted by Gasteiger charge is 2.12. The largest absolute Gasteiger partial charge is 0.349 e. The van der Waals surface area contributed by atoms with Gasteiger partial charge in [-0.3, -0.25) is 4.98 Å². The van der Waals surface area contributed by atoms with E-state index >= 15 is 0 Å². The van der Waals surface area contributed by atoms with E-state index in [4.69, 9.17) is 0 Å². The molecule has 0 aliphatic heterocycles. The number of rotatable bonds is 5. The number of hydrogen-bond acceptors (Lipinski definition) is 5. The number of nitrogens with zero attached hydrogens (tertiary/aromatic N) is 3. The second kappa shape index (κ2) is 7.43. The topological polar surface area (TPSA) is 62.7 Å². The van der Waals surface area contributed by atoms with Gasteiger partial charge in [-0.25, -0.2) is 13.8 Å². The van der Waals surface area contributed by atoms with E-state index in [2.05, 4.69) is 25.6 Å². The van der Waals surface area contributed by atoms with Gasteiger partial charge in [0.15, 0.2) is 11.6 Å². The quantitative estimate of drug-likeness (QED) is 0.709. The minimum Gasteiger partial charge on any atom is -0.349 e. The lowest BCUT2D eigenvalue weighted by Gasteiger charge is -2.15. The van der Waals surface area contributed by atoms with E-state index in [0.717, 1.165) is 29.1 Å². The number of pyridine rings is 1. The van der Waals surface area contributed by atoms with Gasteiger partial charge < -0.3 is 10.6 Å². The van der Waals surface area contributed by atoms with Crippen LogP contribution in [-0.2, 0) is 6.54 Å². The zero-order chi connectivity index (χ0) is 18.7. The van der Waals surface area contributed by atoms with Crippen LogP contribution >= 0.6 is 0 Å². The van der Waals surface area contributed by atoms with Crippen molar-refractivity contribution >= 4 is 17.5 Å². The number of anilines is 3. The molecule has 5 nitrogen and oxygen atoms in total. The predicted octanol–water partition coefficient (Wildman–Crippen LogP) is 4.43. The first-order chi connectivity index (χ1) is 12.4. The number of halogens is 2. The Hall–Kier alpha value is -3.09. The van der Waals surface area contributed by atoms with Gasteiger partial charge in [-0.1, -0.05) is 6.07 Å². The normalized spacial score (nSPS) is 10.7. The lowest BCUT2D eigenvalue weighted by Crippen LogP contribution is -2.09. The molecule has 0 saturated carbocycles. The zero-order valence-corrected chi connectivity index (χ0v) is 14.8. The molecule has 1 aromatic carbocycles. The molecule has 0 aliphatic carbocycles. The molecule has 0 aliphatic rings. The molecule has 26 heavy (non-hydrogen) atoms. The van der Waals surface area contributed by atoms with Crippen LogP contribution in [0.5, 0.6) is 0 Å². The third-order valence-corrected chi connectivity index (χ3v) is 4.06. The van der Waals surface area contributed by atoms with Crippen molar-refractivity contribution in [3.8, 4) is 0 Å². The van der Waals surface area contributed by atoms with Crippen molar-refractivity contribution in [2.75, 3.05) is 10.6 Å². The van der Waals surface area contributed by atoms with Crippen LogP contribution in [0.2, 0.25) is 0 Å². The highest BCUT2D eigenvalue weighted by Crippen LogP contribution is 2.26. The standard InChI is InChI=1S/C19H19F2N5/c1-11-8-15(20)16(21)9-17(11)25-18-12(2)13(3)24-19(26-18)23-10-14-6-4-5-7-22-14/h4-9H,10H2,1-3H3,(H2,23,24,25,26). The fraction of sp³-hybridized carbons (Fsp3) is 0.211. The van der Waals surface area contributed by atoms with Crippen LogP contribution in [0.4, 0.5) is 26.2 Å². The van der Waals surface area contributed by atoms with Gasteiger partial charge in [0.2, 0.25) is 5.95 Å². The molecule has 2 N–H and O–H groups in total.